The second-order valence-corrected chi connectivity index (χ2v) is 6.82. The van der Waals surface area contributed by atoms with Gasteiger partial charge < -0.3 is 15.3 Å². The van der Waals surface area contributed by atoms with E-state index in [0.717, 1.165) is 19.4 Å². The number of hydrogen-bond acceptors (Lipinski definition) is 3. The molecule has 0 unspecified atom stereocenters. The van der Waals surface area contributed by atoms with Crippen LogP contribution >= 0.6 is 0 Å². The van der Waals surface area contributed by atoms with Crippen molar-refractivity contribution >= 4 is 11.4 Å². The van der Waals surface area contributed by atoms with Gasteiger partial charge in [0.15, 0.2) is 0 Å². The first-order chi connectivity index (χ1) is 10.3. The molecule has 2 fully saturated rings. The predicted octanol–water partition coefficient (Wildman–Crippen LogP) is 3.64. The van der Waals surface area contributed by atoms with Gasteiger partial charge in [-0.2, -0.15) is 0 Å². The van der Waals surface area contributed by atoms with Gasteiger partial charge in [-0.05, 0) is 43.9 Å². The van der Waals surface area contributed by atoms with E-state index >= 15 is 0 Å². The molecule has 21 heavy (non-hydrogen) atoms. The van der Waals surface area contributed by atoms with E-state index < -0.39 is 0 Å². The molecule has 116 valence electrons. The zero-order valence-corrected chi connectivity index (χ0v) is 13.0. The molecule has 0 atom stereocenters. The molecule has 0 bridgehead atoms. The number of benzene rings is 1. The van der Waals surface area contributed by atoms with Gasteiger partial charge >= 0.3 is 0 Å². The van der Waals surface area contributed by atoms with Gasteiger partial charge in [0.05, 0.1) is 6.61 Å². The smallest absolute Gasteiger partial charge is 0.0504 e. The third kappa shape index (κ3) is 3.52. The molecule has 1 heterocycles. The van der Waals surface area contributed by atoms with Crippen LogP contribution in [0.2, 0.25) is 0 Å². The molecule has 3 heteroatoms. The van der Waals surface area contributed by atoms with Crippen molar-refractivity contribution in [2.24, 2.45) is 5.41 Å². The Labute approximate surface area is 128 Å². The average Bonchev–Trinajstić information content (AvgIpc) is 3.09. The monoisotopic (exact) mass is 288 g/mol. The maximum Gasteiger partial charge on any atom is 0.0504 e. The third-order valence-electron chi connectivity index (χ3n) is 5.23. The van der Waals surface area contributed by atoms with E-state index in [9.17, 15) is 5.11 Å². The Morgan fingerprint density at radius 3 is 2.52 bits per heavy atom. The summed E-state index contributed by atoms with van der Waals surface area (Å²) < 4.78 is 0. The summed E-state index contributed by atoms with van der Waals surface area (Å²) in [4.78, 5) is 2.47. The fourth-order valence-corrected chi connectivity index (χ4v) is 3.77. The van der Waals surface area contributed by atoms with Crippen LogP contribution in [0.4, 0.5) is 11.4 Å². The molecule has 2 N–H and O–H groups in total. The van der Waals surface area contributed by atoms with Crippen molar-refractivity contribution in [1.29, 1.82) is 0 Å². The summed E-state index contributed by atoms with van der Waals surface area (Å²) in [6.45, 7) is 3.58. The lowest BCUT2D eigenvalue weighted by atomic mass is 9.74. The highest BCUT2D eigenvalue weighted by Crippen LogP contribution is 2.36. The quantitative estimate of drug-likeness (QED) is 0.868. The van der Waals surface area contributed by atoms with Crippen molar-refractivity contribution in [2.45, 2.75) is 44.9 Å². The predicted molar refractivity (Wildman–Crippen MR) is 89.0 cm³/mol. The Morgan fingerprint density at radius 2 is 1.81 bits per heavy atom. The molecule has 0 spiro atoms. The number of aliphatic hydroxyl groups excluding tert-OH is 1. The highest BCUT2D eigenvalue weighted by Gasteiger charge is 2.31. The number of anilines is 2. The van der Waals surface area contributed by atoms with E-state index in [1.807, 2.05) is 0 Å². The van der Waals surface area contributed by atoms with Crippen molar-refractivity contribution in [3.8, 4) is 0 Å². The summed E-state index contributed by atoms with van der Waals surface area (Å²) in [7, 11) is 0. The molecule has 1 aliphatic carbocycles. The molecule has 0 aromatic heterocycles. The SMILES string of the molecule is OCC1(CNc2cccc(N3CCCC3)c2)CCCCC1. The Morgan fingerprint density at radius 1 is 1.05 bits per heavy atom. The first-order valence-corrected chi connectivity index (χ1v) is 8.51. The molecular weight excluding hydrogens is 260 g/mol. The Bertz CT molecular complexity index is 448. The molecule has 1 aromatic carbocycles. The van der Waals surface area contributed by atoms with E-state index in [-0.39, 0.29) is 5.41 Å². The lowest BCUT2D eigenvalue weighted by Crippen LogP contribution is -2.35. The van der Waals surface area contributed by atoms with Gasteiger partial charge in [-0.15, -0.1) is 0 Å². The third-order valence-corrected chi connectivity index (χ3v) is 5.23. The molecule has 1 aromatic rings. The van der Waals surface area contributed by atoms with Gasteiger partial charge in [0, 0.05) is 36.4 Å². The zero-order valence-electron chi connectivity index (χ0n) is 13.0. The van der Waals surface area contributed by atoms with Gasteiger partial charge in [0.1, 0.15) is 0 Å². The number of hydrogen-bond donors (Lipinski definition) is 2. The number of nitrogens with zero attached hydrogens (tertiary/aromatic N) is 1. The van der Waals surface area contributed by atoms with E-state index in [1.165, 1.54) is 56.6 Å². The second kappa shape index (κ2) is 6.69. The molecule has 0 radical (unpaired) electrons. The van der Waals surface area contributed by atoms with Gasteiger partial charge in [-0.25, -0.2) is 0 Å². The molecule has 2 aliphatic rings. The van der Waals surface area contributed by atoms with E-state index in [1.54, 1.807) is 0 Å². The van der Waals surface area contributed by atoms with Crippen LogP contribution in [0.1, 0.15) is 44.9 Å². The van der Waals surface area contributed by atoms with Crippen molar-refractivity contribution in [3.05, 3.63) is 24.3 Å². The van der Waals surface area contributed by atoms with Crippen LogP contribution in [0.3, 0.4) is 0 Å². The minimum absolute atomic E-state index is 0.0991. The number of aliphatic hydroxyl groups is 1. The average molecular weight is 288 g/mol. The highest BCUT2D eigenvalue weighted by atomic mass is 16.3. The second-order valence-electron chi connectivity index (χ2n) is 6.82. The number of rotatable bonds is 5. The van der Waals surface area contributed by atoms with Crippen molar-refractivity contribution in [2.75, 3.05) is 36.5 Å². The summed E-state index contributed by atoms with van der Waals surface area (Å²) in [6, 6.07) is 8.76. The largest absolute Gasteiger partial charge is 0.396 e. The normalized spacial score (nSPS) is 21.5. The van der Waals surface area contributed by atoms with E-state index in [4.69, 9.17) is 0 Å². The first-order valence-electron chi connectivity index (χ1n) is 8.51. The van der Waals surface area contributed by atoms with Crippen LogP contribution in [0.15, 0.2) is 24.3 Å². The maximum atomic E-state index is 9.80. The standard InChI is InChI=1S/C18H28N2O/c21-15-18(9-2-1-3-10-18)14-19-16-7-6-8-17(13-16)20-11-4-5-12-20/h6-8,13,19,21H,1-5,9-12,14-15H2. The minimum atomic E-state index is 0.0991. The fourth-order valence-electron chi connectivity index (χ4n) is 3.77. The highest BCUT2D eigenvalue weighted by molar-refractivity contribution is 5.58. The minimum Gasteiger partial charge on any atom is -0.396 e. The van der Waals surface area contributed by atoms with Crippen LogP contribution in [-0.2, 0) is 0 Å². The topological polar surface area (TPSA) is 35.5 Å². The lowest BCUT2D eigenvalue weighted by Gasteiger charge is -2.36. The number of nitrogens with one attached hydrogen (secondary N) is 1. The molecule has 1 saturated heterocycles. The molecule has 3 rings (SSSR count). The zero-order chi connectivity index (χ0) is 14.5. The van der Waals surface area contributed by atoms with Crippen molar-refractivity contribution < 1.29 is 5.11 Å². The Balaban J connectivity index is 1.63. The van der Waals surface area contributed by atoms with E-state index in [0.29, 0.717) is 6.61 Å². The van der Waals surface area contributed by atoms with E-state index in [2.05, 4.69) is 34.5 Å². The summed E-state index contributed by atoms with van der Waals surface area (Å²) in [5.74, 6) is 0. The molecule has 3 nitrogen and oxygen atoms in total. The van der Waals surface area contributed by atoms with Crippen LogP contribution in [-0.4, -0.2) is 31.3 Å². The van der Waals surface area contributed by atoms with Crippen molar-refractivity contribution in [3.63, 3.8) is 0 Å². The molecular formula is C18H28N2O. The van der Waals surface area contributed by atoms with Crippen LogP contribution in [0, 0.1) is 5.41 Å². The Kier molecular flexibility index (Phi) is 4.69. The summed E-state index contributed by atoms with van der Waals surface area (Å²) in [5.41, 5.74) is 2.62. The molecule has 1 saturated carbocycles. The van der Waals surface area contributed by atoms with Gasteiger partial charge in [0.2, 0.25) is 0 Å². The van der Waals surface area contributed by atoms with Gasteiger partial charge in [-0.1, -0.05) is 25.3 Å². The first kappa shape index (κ1) is 14.7. The maximum absolute atomic E-state index is 9.80. The Hall–Kier alpha value is -1.22. The van der Waals surface area contributed by atoms with Gasteiger partial charge in [0.25, 0.3) is 0 Å². The van der Waals surface area contributed by atoms with Crippen molar-refractivity contribution in [1.82, 2.24) is 0 Å². The summed E-state index contributed by atoms with van der Waals surface area (Å²) >= 11 is 0. The lowest BCUT2D eigenvalue weighted by molar-refractivity contribution is 0.0944. The van der Waals surface area contributed by atoms with Crippen LogP contribution in [0.5, 0.6) is 0 Å². The molecule has 1 aliphatic heterocycles. The summed E-state index contributed by atoms with van der Waals surface area (Å²) in [5, 5.41) is 13.4. The van der Waals surface area contributed by atoms with Crippen LogP contribution < -0.4 is 10.2 Å². The molecule has 0 amide bonds. The van der Waals surface area contributed by atoms with Crippen LogP contribution in [0.25, 0.3) is 0 Å². The van der Waals surface area contributed by atoms with Gasteiger partial charge in [-0.3, -0.25) is 0 Å². The summed E-state index contributed by atoms with van der Waals surface area (Å²) in [6.07, 6.45) is 8.78. The fraction of sp³-hybridized carbons (Fsp3) is 0.667.